The lowest BCUT2D eigenvalue weighted by Gasteiger charge is -2.07. The van der Waals surface area contributed by atoms with Gasteiger partial charge in [-0.3, -0.25) is 4.79 Å². The van der Waals surface area contributed by atoms with Crippen LogP contribution in [0.25, 0.3) is 0 Å². The minimum Gasteiger partial charge on any atom is -0.324 e. The van der Waals surface area contributed by atoms with Crippen LogP contribution in [0.15, 0.2) is 60.9 Å². The van der Waals surface area contributed by atoms with E-state index in [-0.39, 0.29) is 5.91 Å². The second-order valence-electron chi connectivity index (χ2n) is 5.61. The maximum absolute atomic E-state index is 12.3. The standard InChI is InChI=1S/C20H17N5O/c1-2-14-3-7-17(8-4-14)24-19(26)16-12-22-20(23-13-16)25-18-9-5-15(11-21)6-10-18/h3-10,12-13H,2H2,1H3,(H,24,26)(H,22,23,25). The molecule has 0 aliphatic heterocycles. The molecule has 0 unspecified atom stereocenters. The van der Waals surface area contributed by atoms with E-state index in [0.717, 1.165) is 17.8 Å². The van der Waals surface area contributed by atoms with E-state index in [4.69, 9.17) is 5.26 Å². The Labute approximate surface area is 151 Å². The number of nitriles is 1. The van der Waals surface area contributed by atoms with Gasteiger partial charge in [0.05, 0.1) is 17.2 Å². The molecular formula is C20H17N5O. The lowest BCUT2D eigenvalue weighted by atomic mass is 10.1. The van der Waals surface area contributed by atoms with E-state index in [2.05, 4.69) is 33.6 Å². The summed E-state index contributed by atoms with van der Waals surface area (Å²) in [4.78, 5) is 20.6. The summed E-state index contributed by atoms with van der Waals surface area (Å²) in [6.07, 6.45) is 3.89. The lowest BCUT2D eigenvalue weighted by molar-refractivity contribution is 0.102. The van der Waals surface area contributed by atoms with E-state index in [1.165, 1.54) is 18.0 Å². The highest BCUT2D eigenvalue weighted by Crippen LogP contribution is 2.14. The predicted molar refractivity (Wildman–Crippen MR) is 100 cm³/mol. The fraction of sp³-hybridized carbons (Fsp3) is 0.100. The zero-order valence-electron chi connectivity index (χ0n) is 14.2. The van der Waals surface area contributed by atoms with Crippen LogP contribution in [0, 0.1) is 11.3 Å². The van der Waals surface area contributed by atoms with Gasteiger partial charge in [0.25, 0.3) is 5.91 Å². The molecule has 0 radical (unpaired) electrons. The zero-order chi connectivity index (χ0) is 18.4. The number of nitrogens with zero attached hydrogens (tertiary/aromatic N) is 3. The van der Waals surface area contributed by atoms with E-state index in [1.54, 1.807) is 24.3 Å². The van der Waals surface area contributed by atoms with Crippen molar-refractivity contribution in [2.45, 2.75) is 13.3 Å². The van der Waals surface area contributed by atoms with Crippen LogP contribution in [0.2, 0.25) is 0 Å². The van der Waals surface area contributed by atoms with E-state index < -0.39 is 0 Å². The summed E-state index contributed by atoms with van der Waals surface area (Å²) >= 11 is 0. The van der Waals surface area contributed by atoms with E-state index in [0.29, 0.717) is 17.1 Å². The smallest absolute Gasteiger partial charge is 0.258 e. The van der Waals surface area contributed by atoms with E-state index in [9.17, 15) is 4.79 Å². The molecule has 0 saturated carbocycles. The number of hydrogen-bond donors (Lipinski definition) is 2. The number of aryl methyl sites for hydroxylation is 1. The number of hydrogen-bond acceptors (Lipinski definition) is 5. The summed E-state index contributed by atoms with van der Waals surface area (Å²) in [5.74, 6) is 0.109. The summed E-state index contributed by atoms with van der Waals surface area (Å²) in [5.41, 5.74) is 3.65. The third-order valence-corrected chi connectivity index (χ3v) is 3.80. The van der Waals surface area contributed by atoms with Crippen molar-refractivity contribution in [3.63, 3.8) is 0 Å². The van der Waals surface area contributed by atoms with E-state index in [1.807, 2.05) is 24.3 Å². The Bertz CT molecular complexity index is 926. The van der Waals surface area contributed by atoms with Gasteiger partial charge < -0.3 is 10.6 Å². The van der Waals surface area contributed by atoms with Gasteiger partial charge in [-0.05, 0) is 48.4 Å². The fourth-order valence-electron chi connectivity index (χ4n) is 2.29. The quantitative estimate of drug-likeness (QED) is 0.733. The lowest BCUT2D eigenvalue weighted by Crippen LogP contribution is -2.13. The largest absolute Gasteiger partial charge is 0.324 e. The van der Waals surface area contributed by atoms with Crippen LogP contribution >= 0.6 is 0 Å². The number of carbonyl (C=O) groups is 1. The number of amides is 1. The Morgan fingerprint density at radius 1 is 1.00 bits per heavy atom. The van der Waals surface area contributed by atoms with Gasteiger partial charge in [-0.2, -0.15) is 5.26 Å². The Morgan fingerprint density at radius 3 is 2.19 bits per heavy atom. The maximum atomic E-state index is 12.3. The first kappa shape index (κ1) is 17.1. The topological polar surface area (TPSA) is 90.7 Å². The second kappa shape index (κ2) is 7.90. The number of benzene rings is 2. The van der Waals surface area contributed by atoms with Crippen LogP contribution in [0.3, 0.4) is 0 Å². The van der Waals surface area contributed by atoms with Gasteiger partial charge in [0.15, 0.2) is 0 Å². The van der Waals surface area contributed by atoms with Crippen LogP contribution in [0.4, 0.5) is 17.3 Å². The van der Waals surface area contributed by atoms with E-state index >= 15 is 0 Å². The Kier molecular flexibility index (Phi) is 5.20. The van der Waals surface area contributed by atoms with Crippen molar-refractivity contribution in [1.29, 1.82) is 5.26 Å². The van der Waals surface area contributed by atoms with Gasteiger partial charge in [-0.1, -0.05) is 19.1 Å². The molecule has 2 N–H and O–H groups in total. The number of carbonyl (C=O) groups excluding carboxylic acids is 1. The third kappa shape index (κ3) is 4.22. The van der Waals surface area contributed by atoms with Crippen molar-refractivity contribution in [2.75, 3.05) is 10.6 Å². The van der Waals surface area contributed by atoms with Crippen LogP contribution in [-0.4, -0.2) is 15.9 Å². The first-order chi connectivity index (χ1) is 12.7. The average molecular weight is 343 g/mol. The van der Waals surface area contributed by atoms with Gasteiger partial charge in [0.1, 0.15) is 0 Å². The molecule has 0 aliphatic carbocycles. The molecule has 6 nitrogen and oxygen atoms in total. The fourth-order valence-corrected chi connectivity index (χ4v) is 2.29. The molecule has 0 atom stereocenters. The van der Waals surface area contributed by atoms with Gasteiger partial charge in [-0.15, -0.1) is 0 Å². The first-order valence-electron chi connectivity index (χ1n) is 8.17. The van der Waals surface area contributed by atoms with Crippen molar-refractivity contribution in [3.8, 4) is 6.07 Å². The molecular weight excluding hydrogens is 326 g/mol. The highest BCUT2D eigenvalue weighted by molar-refractivity contribution is 6.03. The molecule has 128 valence electrons. The Hall–Kier alpha value is -3.72. The SMILES string of the molecule is CCc1ccc(NC(=O)c2cnc(Nc3ccc(C#N)cc3)nc2)cc1. The molecule has 3 aromatic rings. The van der Waals surface area contributed by atoms with Crippen molar-refractivity contribution in [3.05, 3.63) is 77.6 Å². The predicted octanol–water partition coefficient (Wildman–Crippen LogP) is 3.91. The molecule has 1 amide bonds. The van der Waals surface area contributed by atoms with Crippen molar-refractivity contribution in [1.82, 2.24) is 9.97 Å². The molecule has 1 aromatic heterocycles. The highest BCUT2D eigenvalue weighted by atomic mass is 16.1. The average Bonchev–Trinajstić information content (AvgIpc) is 2.69. The molecule has 1 heterocycles. The molecule has 0 spiro atoms. The molecule has 0 saturated heterocycles. The minimum atomic E-state index is -0.265. The van der Waals surface area contributed by atoms with Crippen molar-refractivity contribution >= 4 is 23.2 Å². The minimum absolute atomic E-state index is 0.265. The first-order valence-corrected chi connectivity index (χ1v) is 8.17. The molecule has 26 heavy (non-hydrogen) atoms. The molecule has 3 rings (SSSR count). The third-order valence-electron chi connectivity index (χ3n) is 3.80. The van der Waals surface area contributed by atoms with Crippen LogP contribution in [0.1, 0.15) is 28.4 Å². The van der Waals surface area contributed by atoms with Gasteiger partial charge in [0, 0.05) is 23.8 Å². The van der Waals surface area contributed by atoms with Gasteiger partial charge >= 0.3 is 0 Å². The Balaban J connectivity index is 1.64. The summed E-state index contributed by atoms with van der Waals surface area (Å²) in [5, 5.41) is 14.6. The molecule has 0 fully saturated rings. The van der Waals surface area contributed by atoms with Gasteiger partial charge in [0.2, 0.25) is 5.95 Å². The van der Waals surface area contributed by atoms with Crippen molar-refractivity contribution in [2.24, 2.45) is 0 Å². The summed E-state index contributed by atoms with van der Waals surface area (Å²) in [7, 11) is 0. The summed E-state index contributed by atoms with van der Waals surface area (Å²) < 4.78 is 0. The summed E-state index contributed by atoms with van der Waals surface area (Å²) in [6, 6.07) is 16.7. The molecule has 2 aromatic carbocycles. The number of rotatable bonds is 5. The molecule has 0 bridgehead atoms. The maximum Gasteiger partial charge on any atom is 0.258 e. The summed E-state index contributed by atoms with van der Waals surface area (Å²) in [6.45, 7) is 2.08. The molecule has 6 heteroatoms. The highest BCUT2D eigenvalue weighted by Gasteiger charge is 2.08. The normalized spacial score (nSPS) is 10.0. The van der Waals surface area contributed by atoms with Crippen LogP contribution in [-0.2, 0) is 6.42 Å². The Morgan fingerprint density at radius 2 is 1.62 bits per heavy atom. The monoisotopic (exact) mass is 343 g/mol. The number of anilines is 3. The van der Waals surface area contributed by atoms with Gasteiger partial charge in [-0.25, -0.2) is 9.97 Å². The zero-order valence-corrected chi connectivity index (χ0v) is 14.2. The number of nitrogens with one attached hydrogen (secondary N) is 2. The van der Waals surface area contributed by atoms with Crippen LogP contribution < -0.4 is 10.6 Å². The number of aromatic nitrogens is 2. The van der Waals surface area contributed by atoms with Crippen LogP contribution in [0.5, 0.6) is 0 Å². The van der Waals surface area contributed by atoms with Crippen molar-refractivity contribution < 1.29 is 4.79 Å². The molecule has 0 aliphatic rings. The second-order valence-corrected chi connectivity index (χ2v) is 5.61.